The van der Waals surface area contributed by atoms with Gasteiger partial charge < -0.3 is 0 Å². The zero-order valence-corrected chi connectivity index (χ0v) is 20.0. The smallest absolute Gasteiger partial charge is 0.00483 e. The largest absolute Gasteiger partial charge is 0.0836 e. The summed E-state index contributed by atoms with van der Waals surface area (Å²) in [6.07, 6.45) is 17.0. The third kappa shape index (κ3) is 6.49. The summed E-state index contributed by atoms with van der Waals surface area (Å²) >= 11 is 0. The monoisotopic (exact) mass is 442 g/mol. The molecule has 31 heavy (non-hydrogen) atoms. The molecule has 0 aromatic heterocycles. The second kappa shape index (κ2) is 12.1. The summed E-state index contributed by atoms with van der Waals surface area (Å²) < 4.78 is 0. The van der Waals surface area contributed by atoms with Crippen molar-refractivity contribution in [1.82, 2.24) is 0 Å². The molecule has 0 bridgehead atoms. The highest BCUT2D eigenvalue weighted by molar-refractivity contribution is 7.73. The molecule has 1 aliphatic rings. The second-order valence-electron chi connectivity index (χ2n) is 8.03. The minimum Gasteiger partial charge on any atom is -0.0836 e. The Morgan fingerprint density at radius 1 is 0.581 bits per heavy atom. The molecule has 0 spiro atoms. The van der Waals surface area contributed by atoms with Gasteiger partial charge in [0, 0.05) is 5.66 Å². The highest BCUT2D eigenvalue weighted by atomic mass is 31.1. The summed E-state index contributed by atoms with van der Waals surface area (Å²) in [6, 6.07) is 33.5. The Morgan fingerprint density at radius 3 is 1.68 bits per heavy atom. The molecule has 0 N–H and O–H groups in total. The van der Waals surface area contributed by atoms with Crippen LogP contribution in [0.15, 0.2) is 115 Å². The van der Waals surface area contributed by atoms with Crippen molar-refractivity contribution in [3.05, 3.63) is 115 Å². The lowest BCUT2D eigenvalue weighted by Gasteiger charge is -2.26. The molecule has 0 fully saturated rings. The summed E-state index contributed by atoms with van der Waals surface area (Å²) in [4.78, 5) is 0. The SMILES string of the molecule is C1=CCC(P(CCCCCP(c2ccccc2)c2ccccc2)c2ccccc2)C=C1. The van der Waals surface area contributed by atoms with Crippen LogP contribution in [0.25, 0.3) is 0 Å². The van der Waals surface area contributed by atoms with Crippen LogP contribution in [-0.4, -0.2) is 18.0 Å². The van der Waals surface area contributed by atoms with E-state index < -0.39 is 0 Å². The van der Waals surface area contributed by atoms with Gasteiger partial charge >= 0.3 is 0 Å². The van der Waals surface area contributed by atoms with Crippen LogP contribution in [0.5, 0.6) is 0 Å². The van der Waals surface area contributed by atoms with Gasteiger partial charge in [0.1, 0.15) is 0 Å². The zero-order chi connectivity index (χ0) is 21.1. The predicted molar refractivity (Wildman–Crippen MR) is 142 cm³/mol. The van der Waals surface area contributed by atoms with Gasteiger partial charge in [-0.3, -0.25) is 0 Å². The fraction of sp³-hybridized carbons (Fsp3) is 0.241. The molecule has 3 aromatic rings. The average molecular weight is 443 g/mol. The second-order valence-corrected chi connectivity index (χ2v) is 12.9. The maximum Gasteiger partial charge on any atom is 0.00483 e. The summed E-state index contributed by atoms with van der Waals surface area (Å²) in [5.74, 6) is 0. The van der Waals surface area contributed by atoms with Crippen molar-refractivity contribution in [3.8, 4) is 0 Å². The third-order valence-electron chi connectivity index (χ3n) is 5.86. The van der Waals surface area contributed by atoms with Crippen LogP contribution in [0.4, 0.5) is 0 Å². The Bertz CT molecular complexity index is 908. The topological polar surface area (TPSA) is 0 Å². The molecule has 0 amide bonds. The first-order chi connectivity index (χ1) is 15.4. The quantitative estimate of drug-likeness (QED) is 0.235. The molecular formula is C29H32P2. The number of hydrogen-bond donors (Lipinski definition) is 0. The van der Waals surface area contributed by atoms with E-state index in [1.807, 2.05) is 0 Å². The van der Waals surface area contributed by atoms with Crippen LogP contribution in [0.3, 0.4) is 0 Å². The van der Waals surface area contributed by atoms with Gasteiger partial charge in [-0.05, 0) is 55.4 Å². The van der Waals surface area contributed by atoms with E-state index in [0.717, 1.165) is 0 Å². The Balaban J connectivity index is 1.35. The molecular weight excluding hydrogens is 410 g/mol. The van der Waals surface area contributed by atoms with Crippen molar-refractivity contribution in [2.24, 2.45) is 0 Å². The highest BCUT2D eigenvalue weighted by Gasteiger charge is 2.20. The molecule has 0 radical (unpaired) electrons. The van der Waals surface area contributed by atoms with E-state index in [0.29, 0.717) is 5.66 Å². The Kier molecular flexibility index (Phi) is 8.70. The molecule has 0 aliphatic heterocycles. The van der Waals surface area contributed by atoms with Gasteiger partial charge in [0.25, 0.3) is 0 Å². The lowest BCUT2D eigenvalue weighted by molar-refractivity contribution is 0.779. The molecule has 2 unspecified atom stereocenters. The first-order valence-electron chi connectivity index (χ1n) is 11.4. The van der Waals surface area contributed by atoms with E-state index in [-0.39, 0.29) is 15.8 Å². The van der Waals surface area contributed by atoms with Gasteiger partial charge in [-0.25, -0.2) is 0 Å². The van der Waals surface area contributed by atoms with Crippen LogP contribution in [0.1, 0.15) is 25.7 Å². The minimum atomic E-state index is -0.254. The zero-order valence-electron chi connectivity index (χ0n) is 18.2. The number of allylic oxidation sites excluding steroid dienone is 4. The van der Waals surface area contributed by atoms with Gasteiger partial charge in [0.15, 0.2) is 0 Å². The van der Waals surface area contributed by atoms with E-state index >= 15 is 0 Å². The van der Waals surface area contributed by atoms with Gasteiger partial charge in [-0.1, -0.05) is 130 Å². The molecule has 0 saturated heterocycles. The average Bonchev–Trinajstić information content (AvgIpc) is 2.86. The fourth-order valence-electron chi connectivity index (χ4n) is 4.26. The summed E-state index contributed by atoms with van der Waals surface area (Å²) in [5.41, 5.74) is 0.702. The number of rotatable bonds is 10. The Morgan fingerprint density at radius 2 is 1.13 bits per heavy atom. The molecule has 0 heterocycles. The van der Waals surface area contributed by atoms with Crippen molar-refractivity contribution in [1.29, 1.82) is 0 Å². The third-order valence-corrected chi connectivity index (χ3v) is 11.4. The predicted octanol–water partition coefficient (Wildman–Crippen LogP) is 6.98. The van der Waals surface area contributed by atoms with Crippen molar-refractivity contribution < 1.29 is 0 Å². The number of unbranched alkanes of at least 4 members (excludes halogenated alkanes) is 2. The van der Waals surface area contributed by atoms with E-state index in [2.05, 4.69) is 115 Å². The van der Waals surface area contributed by atoms with Gasteiger partial charge in [-0.15, -0.1) is 0 Å². The summed E-state index contributed by atoms with van der Waals surface area (Å²) in [5, 5.41) is 4.59. The van der Waals surface area contributed by atoms with Crippen LogP contribution < -0.4 is 15.9 Å². The summed E-state index contributed by atoms with van der Waals surface area (Å²) in [6.45, 7) is 0. The maximum atomic E-state index is 2.45. The lowest BCUT2D eigenvalue weighted by atomic mass is 10.2. The van der Waals surface area contributed by atoms with Gasteiger partial charge in [0.2, 0.25) is 0 Å². The maximum absolute atomic E-state index is 2.45. The molecule has 2 heteroatoms. The van der Waals surface area contributed by atoms with Crippen LogP contribution in [0.2, 0.25) is 0 Å². The first kappa shape index (κ1) is 22.2. The molecule has 3 aromatic carbocycles. The molecule has 0 saturated carbocycles. The molecule has 158 valence electrons. The van der Waals surface area contributed by atoms with E-state index in [1.165, 1.54) is 48.6 Å². The van der Waals surface area contributed by atoms with Crippen molar-refractivity contribution >= 4 is 31.8 Å². The van der Waals surface area contributed by atoms with Crippen LogP contribution in [-0.2, 0) is 0 Å². The Hall–Kier alpha value is -2.00. The van der Waals surface area contributed by atoms with Gasteiger partial charge in [0.05, 0.1) is 0 Å². The molecule has 2 atom stereocenters. The number of hydrogen-bond acceptors (Lipinski definition) is 0. The van der Waals surface area contributed by atoms with Crippen LogP contribution in [0, 0.1) is 0 Å². The fourth-order valence-corrected chi connectivity index (χ4v) is 9.45. The Labute approximate surface area is 190 Å². The lowest BCUT2D eigenvalue weighted by Crippen LogP contribution is -2.15. The number of benzene rings is 3. The molecule has 1 aliphatic carbocycles. The highest BCUT2D eigenvalue weighted by Crippen LogP contribution is 2.45. The van der Waals surface area contributed by atoms with Crippen molar-refractivity contribution in [2.75, 3.05) is 12.3 Å². The molecule has 0 nitrogen and oxygen atoms in total. The van der Waals surface area contributed by atoms with E-state index in [1.54, 1.807) is 5.30 Å². The standard InChI is InChI=1S/C29H32P2/c1-6-16-26(17-7-1)30(27-18-8-2-9-19-27)24-14-5-15-25-31(28-20-10-3-11-21-28)29-22-12-4-13-23-29/h1-4,6-13,16-22,29H,5,14-15,23-25H2. The van der Waals surface area contributed by atoms with E-state index in [9.17, 15) is 0 Å². The van der Waals surface area contributed by atoms with Crippen molar-refractivity contribution in [2.45, 2.75) is 31.3 Å². The normalized spacial score (nSPS) is 16.5. The van der Waals surface area contributed by atoms with E-state index in [4.69, 9.17) is 0 Å². The van der Waals surface area contributed by atoms with Gasteiger partial charge in [-0.2, -0.15) is 0 Å². The van der Waals surface area contributed by atoms with Crippen LogP contribution >= 0.6 is 15.8 Å². The summed E-state index contributed by atoms with van der Waals surface area (Å²) in [7, 11) is -0.380. The minimum absolute atomic E-state index is 0.126. The first-order valence-corrected chi connectivity index (χ1v) is 14.6. The molecule has 4 rings (SSSR count). The van der Waals surface area contributed by atoms with Crippen molar-refractivity contribution in [3.63, 3.8) is 0 Å².